The number of carbonyl (C=O) groups excluding carboxylic acids is 2. The zero-order chi connectivity index (χ0) is 18.2. The Morgan fingerprint density at radius 1 is 1.00 bits per heavy atom. The Labute approximate surface area is 145 Å². The van der Waals surface area contributed by atoms with E-state index in [0.717, 1.165) is 0 Å². The predicted octanol–water partition coefficient (Wildman–Crippen LogP) is 3.18. The number of nitrogens with zero attached hydrogens (tertiary/aromatic N) is 1. The third kappa shape index (κ3) is 5.34. The van der Waals surface area contributed by atoms with Crippen molar-refractivity contribution in [3.8, 4) is 6.07 Å². The molecule has 2 aromatic rings. The highest BCUT2D eigenvalue weighted by Crippen LogP contribution is 2.16. The summed E-state index contributed by atoms with van der Waals surface area (Å²) < 4.78 is 4.95. The number of amides is 3. The summed E-state index contributed by atoms with van der Waals surface area (Å²) in [4.78, 5) is 23.8. The molecule has 0 bridgehead atoms. The van der Waals surface area contributed by atoms with E-state index in [1.54, 1.807) is 55.5 Å². The van der Waals surface area contributed by atoms with E-state index < -0.39 is 12.1 Å². The van der Waals surface area contributed by atoms with Gasteiger partial charge in [0.2, 0.25) is 0 Å². The van der Waals surface area contributed by atoms with Crippen molar-refractivity contribution in [3.05, 3.63) is 54.1 Å². The average Bonchev–Trinajstić information content (AvgIpc) is 2.61. The maximum absolute atomic E-state index is 12.0. The Hall–Kier alpha value is -3.37. The van der Waals surface area contributed by atoms with Gasteiger partial charge in [-0.15, -0.1) is 0 Å². The SMILES string of the molecule is CO[C@@H](C)C(=O)Nc1cccc(NC(=O)Nc2ccc(C#N)cc2)c1. The van der Waals surface area contributed by atoms with Crippen LogP contribution in [0.4, 0.5) is 21.9 Å². The molecule has 0 aliphatic carbocycles. The first kappa shape index (κ1) is 18.0. The number of nitriles is 1. The number of methoxy groups -OCH3 is 1. The van der Waals surface area contributed by atoms with Gasteiger partial charge in [0.05, 0.1) is 11.6 Å². The maximum Gasteiger partial charge on any atom is 0.323 e. The van der Waals surface area contributed by atoms with Crippen LogP contribution in [0, 0.1) is 11.3 Å². The van der Waals surface area contributed by atoms with Crippen LogP contribution in [0.15, 0.2) is 48.5 Å². The lowest BCUT2D eigenvalue weighted by Gasteiger charge is -2.12. The molecule has 3 N–H and O–H groups in total. The summed E-state index contributed by atoms with van der Waals surface area (Å²) in [5, 5.41) is 16.8. The number of hydrogen-bond donors (Lipinski definition) is 3. The lowest BCUT2D eigenvalue weighted by atomic mass is 10.2. The summed E-state index contributed by atoms with van der Waals surface area (Å²) in [5.74, 6) is -0.276. The van der Waals surface area contributed by atoms with Crippen molar-refractivity contribution in [1.29, 1.82) is 5.26 Å². The fourth-order valence-electron chi connectivity index (χ4n) is 1.95. The molecule has 0 aromatic heterocycles. The van der Waals surface area contributed by atoms with E-state index >= 15 is 0 Å². The van der Waals surface area contributed by atoms with Gasteiger partial charge in [-0.3, -0.25) is 4.79 Å². The van der Waals surface area contributed by atoms with Crippen LogP contribution in [0.1, 0.15) is 12.5 Å². The number of carbonyl (C=O) groups is 2. The molecule has 0 aliphatic heterocycles. The van der Waals surface area contributed by atoms with Crippen LogP contribution in [0.3, 0.4) is 0 Å². The average molecular weight is 338 g/mol. The van der Waals surface area contributed by atoms with Crippen molar-refractivity contribution < 1.29 is 14.3 Å². The van der Waals surface area contributed by atoms with E-state index in [2.05, 4.69) is 16.0 Å². The molecule has 2 rings (SSSR count). The van der Waals surface area contributed by atoms with Crippen LogP contribution in [-0.4, -0.2) is 25.2 Å². The Bertz CT molecular complexity index is 797. The minimum atomic E-state index is -0.573. The number of ether oxygens (including phenoxy) is 1. The minimum Gasteiger partial charge on any atom is -0.372 e. The lowest BCUT2D eigenvalue weighted by molar-refractivity contribution is -0.124. The third-order valence-corrected chi connectivity index (χ3v) is 3.38. The van der Waals surface area contributed by atoms with Gasteiger partial charge in [0.15, 0.2) is 0 Å². The molecule has 0 saturated heterocycles. The number of hydrogen-bond acceptors (Lipinski definition) is 4. The quantitative estimate of drug-likeness (QED) is 0.779. The zero-order valence-corrected chi connectivity index (χ0v) is 13.9. The molecule has 0 unspecified atom stereocenters. The van der Waals surface area contributed by atoms with Crippen molar-refractivity contribution in [1.82, 2.24) is 0 Å². The van der Waals surface area contributed by atoms with Crippen molar-refractivity contribution in [2.24, 2.45) is 0 Å². The number of urea groups is 1. The summed E-state index contributed by atoms with van der Waals surface area (Å²) >= 11 is 0. The van der Waals surface area contributed by atoms with E-state index in [-0.39, 0.29) is 5.91 Å². The molecule has 25 heavy (non-hydrogen) atoms. The van der Waals surface area contributed by atoms with Crippen LogP contribution in [0.5, 0.6) is 0 Å². The molecule has 7 heteroatoms. The predicted molar refractivity (Wildman–Crippen MR) is 95.3 cm³/mol. The highest BCUT2D eigenvalue weighted by Gasteiger charge is 2.12. The van der Waals surface area contributed by atoms with Gasteiger partial charge in [0, 0.05) is 24.2 Å². The Morgan fingerprint density at radius 3 is 2.20 bits per heavy atom. The van der Waals surface area contributed by atoms with Crippen LogP contribution >= 0.6 is 0 Å². The molecule has 0 spiro atoms. The van der Waals surface area contributed by atoms with Gasteiger partial charge >= 0.3 is 6.03 Å². The second-order valence-corrected chi connectivity index (χ2v) is 5.22. The van der Waals surface area contributed by atoms with Gasteiger partial charge in [-0.25, -0.2) is 4.79 Å². The Balaban J connectivity index is 1.97. The molecule has 0 fully saturated rings. The van der Waals surface area contributed by atoms with Crippen LogP contribution < -0.4 is 16.0 Å². The third-order valence-electron chi connectivity index (χ3n) is 3.38. The summed E-state index contributed by atoms with van der Waals surface area (Å²) in [7, 11) is 1.45. The van der Waals surface area contributed by atoms with Crippen LogP contribution in [-0.2, 0) is 9.53 Å². The van der Waals surface area contributed by atoms with E-state index in [9.17, 15) is 9.59 Å². The standard InChI is InChI=1S/C18H18N4O3/c1-12(25-2)17(23)20-15-4-3-5-16(10-15)22-18(24)21-14-8-6-13(11-19)7-9-14/h3-10,12H,1-2H3,(H,20,23)(H2,21,22,24)/t12-/m0/s1. The first-order valence-corrected chi connectivity index (χ1v) is 7.53. The second-order valence-electron chi connectivity index (χ2n) is 5.22. The molecule has 0 aliphatic rings. The van der Waals surface area contributed by atoms with Crippen molar-refractivity contribution >= 4 is 29.0 Å². The summed E-state index contributed by atoms with van der Waals surface area (Å²) in [6.07, 6.45) is -0.573. The van der Waals surface area contributed by atoms with E-state index in [1.165, 1.54) is 7.11 Å². The fraction of sp³-hybridized carbons (Fsp3) is 0.167. The van der Waals surface area contributed by atoms with E-state index in [0.29, 0.717) is 22.6 Å². The topological polar surface area (TPSA) is 103 Å². The van der Waals surface area contributed by atoms with E-state index in [4.69, 9.17) is 10.00 Å². The molecule has 128 valence electrons. The summed E-state index contributed by atoms with van der Waals surface area (Å²) in [6, 6.07) is 14.8. The first-order chi connectivity index (χ1) is 12.0. The second kappa shape index (κ2) is 8.47. The van der Waals surface area contributed by atoms with Gasteiger partial charge in [-0.05, 0) is 49.4 Å². The maximum atomic E-state index is 12.0. The molecule has 0 radical (unpaired) electrons. The van der Waals surface area contributed by atoms with Gasteiger partial charge in [0.1, 0.15) is 6.10 Å². The number of benzene rings is 2. The molecular formula is C18H18N4O3. The van der Waals surface area contributed by atoms with Crippen molar-refractivity contribution in [2.75, 3.05) is 23.1 Å². The van der Waals surface area contributed by atoms with Crippen molar-refractivity contribution in [2.45, 2.75) is 13.0 Å². The number of anilines is 3. The molecular weight excluding hydrogens is 320 g/mol. The zero-order valence-electron chi connectivity index (χ0n) is 13.9. The molecule has 0 saturated carbocycles. The Kier molecular flexibility index (Phi) is 6.09. The first-order valence-electron chi connectivity index (χ1n) is 7.53. The number of rotatable bonds is 5. The molecule has 1 atom stereocenters. The highest BCUT2D eigenvalue weighted by atomic mass is 16.5. The van der Waals surface area contributed by atoms with Gasteiger partial charge in [-0.2, -0.15) is 5.26 Å². The van der Waals surface area contributed by atoms with Gasteiger partial charge < -0.3 is 20.7 Å². The monoisotopic (exact) mass is 338 g/mol. The largest absolute Gasteiger partial charge is 0.372 e. The normalized spacial score (nSPS) is 11.1. The lowest BCUT2D eigenvalue weighted by Crippen LogP contribution is -2.26. The fourth-order valence-corrected chi connectivity index (χ4v) is 1.95. The summed E-state index contributed by atoms with van der Waals surface area (Å²) in [6.45, 7) is 1.64. The van der Waals surface area contributed by atoms with Crippen LogP contribution in [0.25, 0.3) is 0 Å². The molecule has 0 heterocycles. The van der Waals surface area contributed by atoms with Crippen molar-refractivity contribution in [3.63, 3.8) is 0 Å². The highest BCUT2D eigenvalue weighted by molar-refractivity contribution is 6.00. The van der Waals surface area contributed by atoms with E-state index in [1.807, 2.05) is 6.07 Å². The van der Waals surface area contributed by atoms with Crippen LogP contribution in [0.2, 0.25) is 0 Å². The number of nitrogens with one attached hydrogen (secondary N) is 3. The molecule has 7 nitrogen and oxygen atoms in total. The molecule has 3 amide bonds. The van der Waals surface area contributed by atoms with Gasteiger partial charge in [-0.1, -0.05) is 6.07 Å². The molecule has 2 aromatic carbocycles. The minimum absolute atomic E-state index is 0.276. The Morgan fingerprint density at radius 2 is 1.60 bits per heavy atom. The van der Waals surface area contributed by atoms with Gasteiger partial charge in [0.25, 0.3) is 5.91 Å². The smallest absolute Gasteiger partial charge is 0.323 e. The summed E-state index contributed by atoms with van der Waals surface area (Å²) in [5.41, 5.74) is 2.15.